The lowest BCUT2D eigenvalue weighted by Crippen LogP contribution is -2.21. The maximum absolute atomic E-state index is 9.56. The first kappa shape index (κ1) is 16.2. The van der Waals surface area contributed by atoms with Gasteiger partial charge in [-0.15, -0.1) is 11.3 Å². The van der Waals surface area contributed by atoms with Gasteiger partial charge in [0.25, 0.3) is 0 Å². The Kier molecular flexibility index (Phi) is 4.54. The normalized spacial score (nSPS) is 10.6. The minimum Gasteiger partial charge on any atom is -0.467 e. The molecule has 0 N–H and O–H groups in total. The Hall–Kier alpha value is -3.30. The summed E-state index contributed by atoms with van der Waals surface area (Å²) in [7, 11) is 0. The highest BCUT2D eigenvalue weighted by molar-refractivity contribution is 7.09. The van der Waals surface area contributed by atoms with E-state index in [1.54, 1.807) is 17.6 Å². The number of nitrogens with zero attached hydrogens (tertiary/aromatic N) is 3. The highest BCUT2D eigenvalue weighted by atomic mass is 32.1. The maximum Gasteiger partial charge on any atom is 0.235 e. The summed E-state index contributed by atoms with van der Waals surface area (Å²) in [5.74, 6) is 1.69. The van der Waals surface area contributed by atoms with Crippen LogP contribution in [0.4, 0.5) is 5.88 Å². The Morgan fingerprint density at radius 1 is 1.04 bits per heavy atom. The summed E-state index contributed by atoms with van der Waals surface area (Å²) in [5.41, 5.74) is 1.11. The van der Waals surface area contributed by atoms with Crippen LogP contribution >= 0.6 is 11.3 Å². The number of hydrogen-bond donors (Lipinski definition) is 0. The standard InChI is InChI=1S/C20H15N3O2S/c21-12-18-20(25-19(22-18)15-6-2-1-3-7-15)23(13-16-8-4-10-24-16)14-17-9-5-11-26-17/h1-11H,13-14H2. The van der Waals surface area contributed by atoms with Gasteiger partial charge >= 0.3 is 0 Å². The lowest BCUT2D eigenvalue weighted by atomic mass is 10.2. The first-order valence-corrected chi connectivity index (χ1v) is 8.97. The molecule has 0 amide bonds. The van der Waals surface area contributed by atoms with Gasteiger partial charge in [0.15, 0.2) is 0 Å². The first-order valence-electron chi connectivity index (χ1n) is 8.09. The van der Waals surface area contributed by atoms with E-state index in [-0.39, 0.29) is 5.69 Å². The van der Waals surface area contributed by atoms with Crippen LogP contribution < -0.4 is 4.90 Å². The van der Waals surface area contributed by atoms with Gasteiger partial charge < -0.3 is 13.7 Å². The summed E-state index contributed by atoms with van der Waals surface area (Å²) in [6.07, 6.45) is 1.64. The molecule has 128 valence electrons. The van der Waals surface area contributed by atoms with Crippen LogP contribution in [-0.4, -0.2) is 4.98 Å². The van der Waals surface area contributed by atoms with Crippen LogP contribution in [-0.2, 0) is 13.1 Å². The number of furan rings is 1. The minimum atomic E-state index is 0.270. The quantitative estimate of drug-likeness (QED) is 0.479. The number of thiophene rings is 1. The maximum atomic E-state index is 9.56. The van der Waals surface area contributed by atoms with Crippen LogP contribution in [0.3, 0.4) is 0 Å². The Morgan fingerprint density at radius 2 is 1.92 bits per heavy atom. The van der Waals surface area contributed by atoms with E-state index >= 15 is 0 Å². The van der Waals surface area contributed by atoms with Crippen molar-refractivity contribution < 1.29 is 8.83 Å². The van der Waals surface area contributed by atoms with E-state index in [4.69, 9.17) is 8.83 Å². The molecule has 4 rings (SSSR count). The van der Waals surface area contributed by atoms with Crippen LogP contribution in [0.1, 0.15) is 16.3 Å². The second-order valence-corrected chi connectivity index (χ2v) is 6.70. The molecule has 0 saturated heterocycles. The molecule has 0 aliphatic rings. The zero-order valence-electron chi connectivity index (χ0n) is 13.8. The second-order valence-electron chi connectivity index (χ2n) is 5.67. The van der Waals surface area contributed by atoms with Gasteiger partial charge in [0.1, 0.15) is 11.8 Å². The lowest BCUT2D eigenvalue weighted by Gasteiger charge is -2.20. The molecule has 0 radical (unpaired) electrons. The molecule has 0 atom stereocenters. The molecule has 5 nitrogen and oxygen atoms in total. The van der Waals surface area contributed by atoms with E-state index in [2.05, 4.69) is 17.1 Å². The molecular formula is C20H15N3O2S. The van der Waals surface area contributed by atoms with E-state index in [1.165, 1.54) is 0 Å². The van der Waals surface area contributed by atoms with Crippen molar-refractivity contribution in [3.63, 3.8) is 0 Å². The van der Waals surface area contributed by atoms with Crippen LogP contribution in [0.5, 0.6) is 0 Å². The zero-order valence-corrected chi connectivity index (χ0v) is 14.6. The van der Waals surface area contributed by atoms with E-state index in [9.17, 15) is 5.26 Å². The fraction of sp³-hybridized carbons (Fsp3) is 0.100. The van der Waals surface area contributed by atoms with Crippen molar-refractivity contribution in [3.8, 4) is 17.5 Å². The van der Waals surface area contributed by atoms with Crippen LogP contribution in [0.2, 0.25) is 0 Å². The average Bonchev–Trinajstić information content (AvgIpc) is 3.43. The summed E-state index contributed by atoms with van der Waals surface area (Å²) in [6, 6.07) is 19.5. The van der Waals surface area contributed by atoms with Crippen molar-refractivity contribution in [1.29, 1.82) is 5.26 Å². The molecule has 0 fully saturated rings. The van der Waals surface area contributed by atoms with E-state index in [0.29, 0.717) is 24.9 Å². The predicted octanol–water partition coefficient (Wildman–Crippen LogP) is 5.07. The van der Waals surface area contributed by atoms with Gasteiger partial charge in [-0.3, -0.25) is 0 Å². The van der Waals surface area contributed by atoms with Gasteiger partial charge in [0.05, 0.1) is 19.4 Å². The highest BCUT2D eigenvalue weighted by Gasteiger charge is 2.22. The van der Waals surface area contributed by atoms with Crippen molar-refractivity contribution in [1.82, 2.24) is 4.98 Å². The first-order chi connectivity index (χ1) is 12.8. The molecule has 3 heterocycles. The molecule has 0 aliphatic heterocycles. The molecule has 0 spiro atoms. The number of nitriles is 1. The predicted molar refractivity (Wildman–Crippen MR) is 99.6 cm³/mol. The van der Waals surface area contributed by atoms with E-state index < -0.39 is 0 Å². The highest BCUT2D eigenvalue weighted by Crippen LogP contribution is 2.30. The molecule has 0 saturated carbocycles. The van der Waals surface area contributed by atoms with Crippen LogP contribution in [0.15, 0.2) is 75.1 Å². The number of rotatable bonds is 6. The van der Waals surface area contributed by atoms with Crippen LogP contribution in [0, 0.1) is 11.3 Å². The summed E-state index contributed by atoms with van der Waals surface area (Å²) >= 11 is 1.66. The average molecular weight is 361 g/mol. The second kappa shape index (κ2) is 7.30. The summed E-state index contributed by atoms with van der Waals surface area (Å²) in [6.45, 7) is 1.10. The van der Waals surface area contributed by atoms with Gasteiger partial charge in [0, 0.05) is 10.4 Å². The Labute approximate surface area is 154 Å². The monoisotopic (exact) mass is 361 g/mol. The SMILES string of the molecule is N#Cc1nc(-c2ccccc2)oc1N(Cc1ccco1)Cc1cccs1. The van der Waals surface area contributed by atoms with Gasteiger partial charge in [-0.1, -0.05) is 24.3 Å². The van der Waals surface area contributed by atoms with Gasteiger partial charge in [0.2, 0.25) is 17.5 Å². The summed E-state index contributed by atoms with van der Waals surface area (Å²) in [5, 5.41) is 11.6. The largest absolute Gasteiger partial charge is 0.467 e. The smallest absolute Gasteiger partial charge is 0.235 e. The fourth-order valence-electron chi connectivity index (χ4n) is 2.68. The molecule has 4 aromatic rings. The molecule has 0 bridgehead atoms. The number of benzene rings is 1. The Morgan fingerprint density at radius 3 is 2.62 bits per heavy atom. The zero-order chi connectivity index (χ0) is 17.8. The fourth-order valence-corrected chi connectivity index (χ4v) is 3.40. The summed E-state index contributed by atoms with van der Waals surface area (Å²) < 4.78 is 11.5. The van der Waals surface area contributed by atoms with Gasteiger partial charge in [-0.05, 0) is 35.7 Å². The Bertz CT molecular complexity index is 963. The van der Waals surface area contributed by atoms with Crippen LogP contribution in [0.25, 0.3) is 11.5 Å². The lowest BCUT2D eigenvalue weighted by molar-refractivity contribution is 0.483. The summed E-state index contributed by atoms with van der Waals surface area (Å²) in [4.78, 5) is 7.52. The molecule has 3 aromatic heterocycles. The minimum absolute atomic E-state index is 0.270. The van der Waals surface area contributed by atoms with Crippen molar-refractivity contribution in [2.24, 2.45) is 0 Å². The van der Waals surface area contributed by atoms with Crippen molar-refractivity contribution in [2.75, 3.05) is 4.90 Å². The van der Waals surface area contributed by atoms with Crippen molar-refractivity contribution >= 4 is 17.2 Å². The third kappa shape index (κ3) is 3.39. The van der Waals surface area contributed by atoms with E-state index in [1.807, 2.05) is 58.8 Å². The third-order valence-electron chi connectivity index (χ3n) is 3.88. The van der Waals surface area contributed by atoms with E-state index in [0.717, 1.165) is 16.2 Å². The molecule has 26 heavy (non-hydrogen) atoms. The number of aromatic nitrogens is 1. The van der Waals surface area contributed by atoms with Gasteiger partial charge in [-0.25, -0.2) is 0 Å². The Balaban J connectivity index is 1.72. The number of hydrogen-bond acceptors (Lipinski definition) is 6. The van der Waals surface area contributed by atoms with Crippen molar-refractivity contribution in [3.05, 3.63) is 82.6 Å². The topological polar surface area (TPSA) is 66.2 Å². The molecule has 0 aliphatic carbocycles. The molecule has 0 unspecified atom stereocenters. The number of oxazole rings is 1. The molecule has 6 heteroatoms. The van der Waals surface area contributed by atoms with Gasteiger partial charge in [-0.2, -0.15) is 10.2 Å². The van der Waals surface area contributed by atoms with Crippen molar-refractivity contribution in [2.45, 2.75) is 13.1 Å². The number of anilines is 1. The third-order valence-corrected chi connectivity index (χ3v) is 4.74. The molecule has 1 aromatic carbocycles. The molecular weight excluding hydrogens is 346 g/mol.